The zero-order valence-electron chi connectivity index (χ0n) is 13.3. The number of aliphatic imine (C=N–C) groups is 1. The van der Waals surface area contributed by atoms with Gasteiger partial charge in [0.1, 0.15) is 17.6 Å². The highest BCUT2D eigenvalue weighted by atomic mass is 35.5. The highest BCUT2D eigenvalue weighted by molar-refractivity contribution is 6.36. The van der Waals surface area contributed by atoms with E-state index in [2.05, 4.69) is 24.1 Å². The Kier molecular flexibility index (Phi) is 4.23. The van der Waals surface area contributed by atoms with Gasteiger partial charge in [0.25, 0.3) is 0 Å². The number of aromatic nitrogens is 1. The molecule has 0 saturated heterocycles. The highest BCUT2D eigenvalue weighted by Gasteiger charge is 2.24. The van der Waals surface area contributed by atoms with Gasteiger partial charge in [-0.3, -0.25) is 0 Å². The third-order valence-electron chi connectivity index (χ3n) is 4.47. The van der Waals surface area contributed by atoms with E-state index in [-0.39, 0.29) is 0 Å². The molecular formula is C18H17Cl2N3. The second kappa shape index (κ2) is 6.03. The number of halogens is 2. The van der Waals surface area contributed by atoms with Crippen LogP contribution in [0, 0.1) is 18.3 Å². The Balaban J connectivity index is 2.07. The van der Waals surface area contributed by atoms with Crippen molar-refractivity contribution >= 4 is 34.7 Å². The summed E-state index contributed by atoms with van der Waals surface area (Å²) in [6.45, 7) is 4.10. The third-order valence-corrected chi connectivity index (χ3v) is 5.35. The molecule has 0 N–H and O–H groups in total. The van der Waals surface area contributed by atoms with Gasteiger partial charge in [0.15, 0.2) is 0 Å². The first-order chi connectivity index (χ1) is 10.9. The first-order valence-corrected chi connectivity index (χ1v) is 8.27. The molecular weight excluding hydrogens is 329 g/mol. The maximum Gasteiger partial charge on any atom is 0.137 e. The van der Waals surface area contributed by atoms with Crippen molar-refractivity contribution in [3.63, 3.8) is 0 Å². The van der Waals surface area contributed by atoms with Gasteiger partial charge in [-0.2, -0.15) is 5.26 Å². The van der Waals surface area contributed by atoms with Crippen LogP contribution in [0.2, 0.25) is 10.0 Å². The topological polar surface area (TPSA) is 41.1 Å². The van der Waals surface area contributed by atoms with Crippen LogP contribution in [0.1, 0.15) is 41.6 Å². The summed E-state index contributed by atoms with van der Waals surface area (Å²) >= 11 is 12.8. The molecule has 1 aliphatic heterocycles. The van der Waals surface area contributed by atoms with Crippen molar-refractivity contribution in [1.82, 2.24) is 4.57 Å². The maximum absolute atomic E-state index is 9.15. The molecule has 1 aliphatic rings. The molecule has 2 aromatic rings. The molecule has 0 radical (unpaired) electrons. The summed E-state index contributed by atoms with van der Waals surface area (Å²) < 4.78 is 2.04. The fourth-order valence-corrected chi connectivity index (χ4v) is 3.55. The van der Waals surface area contributed by atoms with E-state index < -0.39 is 0 Å². The summed E-state index contributed by atoms with van der Waals surface area (Å²) in [4.78, 5) is 4.49. The molecule has 3 nitrogen and oxygen atoms in total. The maximum atomic E-state index is 9.15. The molecule has 0 fully saturated rings. The Labute approximate surface area is 146 Å². The summed E-state index contributed by atoms with van der Waals surface area (Å²) in [6, 6.07) is 8.15. The van der Waals surface area contributed by atoms with Gasteiger partial charge < -0.3 is 4.57 Å². The van der Waals surface area contributed by atoms with Crippen LogP contribution in [-0.4, -0.2) is 10.3 Å². The molecule has 1 atom stereocenters. The first-order valence-electron chi connectivity index (χ1n) is 7.52. The summed E-state index contributed by atoms with van der Waals surface area (Å²) in [5.41, 5.74) is 4.82. The Morgan fingerprint density at radius 2 is 2.13 bits per heavy atom. The summed E-state index contributed by atoms with van der Waals surface area (Å²) in [5.74, 6) is 1.16. The van der Waals surface area contributed by atoms with E-state index in [1.54, 1.807) is 0 Å². The number of nitrogens with zero attached hydrogens (tertiary/aromatic N) is 3. The van der Waals surface area contributed by atoms with Crippen molar-refractivity contribution < 1.29 is 0 Å². The fraction of sp³-hybridized carbons (Fsp3) is 0.333. The van der Waals surface area contributed by atoms with E-state index >= 15 is 0 Å². The van der Waals surface area contributed by atoms with Crippen LogP contribution < -0.4 is 0 Å². The lowest BCUT2D eigenvalue weighted by Gasteiger charge is -2.16. The van der Waals surface area contributed by atoms with Crippen LogP contribution in [0.25, 0.3) is 0 Å². The van der Waals surface area contributed by atoms with E-state index in [0.29, 0.717) is 34.5 Å². The van der Waals surface area contributed by atoms with Crippen LogP contribution in [-0.2, 0) is 13.5 Å². The first kappa shape index (κ1) is 16.1. The normalized spacial score (nSPS) is 16.7. The standard InChI is InChI=1S/C18H17Cl2N3/c1-10-4-5-16(19)15(17(10)20)8-13-7-14-11(2)6-12(9-21)22-18(14)23(13)3/h4-5,7,11H,6,8H2,1-3H3. The lowest BCUT2D eigenvalue weighted by Crippen LogP contribution is -2.08. The average molecular weight is 346 g/mol. The molecule has 0 aliphatic carbocycles. The van der Waals surface area contributed by atoms with Crippen molar-refractivity contribution in [1.29, 1.82) is 5.26 Å². The number of rotatable bonds is 2. The Morgan fingerprint density at radius 3 is 2.83 bits per heavy atom. The molecule has 0 amide bonds. The van der Waals surface area contributed by atoms with Crippen molar-refractivity contribution in [3.05, 3.63) is 50.6 Å². The lowest BCUT2D eigenvalue weighted by molar-refractivity contribution is 0.778. The quantitative estimate of drug-likeness (QED) is 0.724. The largest absolute Gasteiger partial charge is 0.333 e. The van der Waals surface area contributed by atoms with E-state index in [1.165, 1.54) is 5.56 Å². The second-order valence-electron chi connectivity index (χ2n) is 6.08. The van der Waals surface area contributed by atoms with E-state index in [9.17, 15) is 0 Å². The van der Waals surface area contributed by atoms with E-state index in [1.807, 2.05) is 30.7 Å². The van der Waals surface area contributed by atoms with Gasteiger partial charge in [0.05, 0.1) is 0 Å². The monoisotopic (exact) mass is 345 g/mol. The summed E-state index contributed by atoms with van der Waals surface area (Å²) in [7, 11) is 1.97. The van der Waals surface area contributed by atoms with Gasteiger partial charge in [-0.05, 0) is 41.7 Å². The number of aryl methyl sites for hydroxylation is 1. The Morgan fingerprint density at radius 1 is 1.39 bits per heavy atom. The van der Waals surface area contributed by atoms with Crippen LogP contribution >= 0.6 is 23.2 Å². The number of nitriles is 1. The van der Waals surface area contributed by atoms with Gasteiger partial charge in [0.2, 0.25) is 0 Å². The zero-order valence-corrected chi connectivity index (χ0v) is 14.8. The van der Waals surface area contributed by atoms with Gasteiger partial charge in [0, 0.05) is 35.6 Å². The van der Waals surface area contributed by atoms with Crippen LogP contribution in [0.4, 0.5) is 5.82 Å². The molecule has 1 aromatic heterocycles. The minimum absolute atomic E-state index is 0.292. The summed E-state index contributed by atoms with van der Waals surface area (Å²) in [6.07, 6.45) is 1.34. The molecule has 5 heteroatoms. The van der Waals surface area contributed by atoms with Crippen LogP contribution in [0.15, 0.2) is 23.2 Å². The molecule has 2 heterocycles. The lowest BCUT2D eigenvalue weighted by atomic mass is 9.94. The third kappa shape index (κ3) is 2.78. The van der Waals surface area contributed by atoms with Crippen LogP contribution in [0.3, 0.4) is 0 Å². The molecule has 23 heavy (non-hydrogen) atoms. The van der Waals surface area contributed by atoms with Crippen molar-refractivity contribution in [2.75, 3.05) is 0 Å². The van der Waals surface area contributed by atoms with Gasteiger partial charge in [-0.1, -0.05) is 36.2 Å². The number of hydrogen-bond acceptors (Lipinski definition) is 2. The second-order valence-corrected chi connectivity index (χ2v) is 6.87. The average Bonchev–Trinajstić information content (AvgIpc) is 2.85. The predicted octanol–water partition coefficient (Wildman–Crippen LogP) is 5.33. The number of benzene rings is 1. The Bertz CT molecular complexity index is 856. The molecule has 0 bridgehead atoms. The van der Waals surface area contributed by atoms with Crippen molar-refractivity contribution in [2.45, 2.75) is 32.6 Å². The SMILES string of the molecule is Cc1ccc(Cl)c(Cc2cc3c(n2C)N=C(C#N)CC3C)c1Cl. The van der Waals surface area contributed by atoms with Crippen molar-refractivity contribution in [3.8, 4) is 6.07 Å². The smallest absolute Gasteiger partial charge is 0.137 e. The molecule has 118 valence electrons. The van der Waals surface area contributed by atoms with Gasteiger partial charge in [-0.15, -0.1) is 0 Å². The molecule has 1 aromatic carbocycles. The van der Waals surface area contributed by atoms with Crippen LogP contribution in [0.5, 0.6) is 0 Å². The van der Waals surface area contributed by atoms with Gasteiger partial charge >= 0.3 is 0 Å². The minimum Gasteiger partial charge on any atom is -0.333 e. The highest BCUT2D eigenvalue weighted by Crippen LogP contribution is 2.38. The minimum atomic E-state index is 0.292. The van der Waals surface area contributed by atoms with Crippen molar-refractivity contribution in [2.24, 2.45) is 12.0 Å². The zero-order chi connectivity index (χ0) is 16.7. The molecule has 3 rings (SSSR count). The molecule has 0 spiro atoms. The van der Waals surface area contributed by atoms with E-state index in [0.717, 1.165) is 22.6 Å². The number of fused-ring (bicyclic) bond motifs is 1. The fourth-order valence-electron chi connectivity index (χ4n) is 3.04. The van der Waals surface area contributed by atoms with E-state index in [4.69, 9.17) is 28.5 Å². The predicted molar refractivity (Wildman–Crippen MR) is 95.2 cm³/mol. The number of hydrogen-bond donors (Lipinski definition) is 0. The summed E-state index contributed by atoms with van der Waals surface area (Å²) in [5, 5.41) is 10.5. The van der Waals surface area contributed by atoms with Gasteiger partial charge in [-0.25, -0.2) is 4.99 Å². The molecule has 1 unspecified atom stereocenters. The molecule has 0 saturated carbocycles. The Hall–Kier alpha value is -1.76.